The first-order valence-corrected chi connectivity index (χ1v) is 6.91. The van der Waals surface area contributed by atoms with Crippen molar-refractivity contribution in [2.24, 2.45) is 0 Å². The lowest BCUT2D eigenvalue weighted by Crippen LogP contribution is -2.22. The molecule has 2 aromatic rings. The van der Waals surface area contributed by atoms with Crippen LogP contribution < -0.4 is 4.74 Å². The van der Waals surface area contributed by atoms with Gasteiger partial charge in [0.15, 0.2) is 0 Å². The van der Waals surface area contributed by atoms with E-state index in [9.17, 15) is 5.11 Å². The monoisotopic (exact) mass is 281 g/mol. The smallest absolute Gasteiger partial charge is 0.118 e. The van der Waals surface area contributed by atoms with Crippen LogP contribution in [0.5, 0.6) is 5.75 Å². The standard InChI is InChI=1S/C18H19NO2/c1-18(20,16-5-3-4-15(12-16)13-19)11-10-14-6-8-17(21-2)9-7-14/h3-9,12,20H,10-11H2,1-2H3. The molecule has 0 saturated heterocycles. The minimum absolute atomic E-state index is 0.567. The highest BCUT2D eigenvalue weighted by atomic mass is 16.5. The predicted molar refractivity (Wildman–Crippen MR) is 82.0 cm³/mol. The molecule has 0 radical (unpaired) electrons. The van der Waals surface area contributed by atoms with Gasteiger partial charge in [-0.3, -0.25) is 0 Å². The lowest BCUT2D eigenvalue weighted by atomic mass is 9.88. The Balaban J connectivity index is 2.07. The van der Waals surface area contributed by atoms with Crippen LogP contribution in [0.15, 0.2) is 48.5 Å². The zero-order chi connectivity index (χ0) is 15.3. The van der Waals surface area contributed by atoms with Gasteiger partial charge in [0, 0.05) is 0 Å². The van der Waals surface area contributed by atoms with Gasteiger partial charge in [0.25, 0.3) is 0 Å². The summed E-state index contributed by atoms with van der Waals surface area (Å²) in [4.78, 5) is 0. The number of aliphatic hydroxyl groups is 1. The largest absolute Gasteiger partial charge is 0.497 e. The van der Waals surface area contributed by atoms with E-state index in [0.717, 1.165) is 23.3 Å². The Kier molecular flexibility index (Phi) is 4.62. The highest BCUT2D eigenvalue weighted by Crippen LogP contribution is 2.27. The Hall–Kier alpha value is -2.31. The number of methoxy groups -OCH3 is 1. The van der Waals surface area contributed by atoms with Gasteiger partial charge in [-0.05, 0) is 55.2 Å². The van der Waals surface area contributed by atoms with E-state index in [1.807, 2.05) is 30.3 Å². The second kappa shape index (κ2) is 6.43. The SMILES string of the molecule is COc1ccc(CCC(C)(O)c2cccc(C#N)c2)cc1. The van der Waals surface area contributed by atoms with Crippen LogP contribution in [0.4, 0.5) is 0 Å². The number of aryl methyl sites for hydroxylation is 1. The van der Waals surface area contributed by atoms with Crippen molar-refractivity contribution in [1.29, 1.82) is 5.26 Å². The first kappa shape index (κ1) is 15.1. The number of benzene rings is 2. The van der Waals surface area contributed by atoms with Crippen LogP contribution in [0.2, 0.25) is 0 Å². The molecule has 3 heteroatoms. The third-order valence-corrected chi connectivity index (χ3v) is 3.67. The average Bonchev–Trinajstić information content (AvgIpc) is 2.53. The summed E-state index contributed by atoms with van der Waals surface area (Å²) in [6.07, 6.45) is 1.35. The fourth-order valence-corrected chi connectivity index (χ4v) is 2.25. The fraction of sp³-hybridized carbons (Fsp3) is 0.278. The molecule has 0 aliphatic carbocycles. The number of ether oxygens (including phenoxy) is 1. The molecule has 2 rings (SSSR count). The van der Waals surface area contributed by atoms with E-state index in [1.165, 1.54) is 0 Å². The molecular weight excluding hydrogens is 262 g/mol. The molecule has 1 N–H and O–H groups in total. The first-order chi connectivity index (χ1) is 10.0. The normalized spacial score (nSPS) is 13.2. The minimum Gasteiger partial charge on any atom is -0.497 e. The van der Waals surface area contributed by atoms with Crippen molar-refractivity contribution in [2.45, 2.75) is 25.4 Å². The van der Waals surface area contributed by atoms with Gasteiger partial charge in [-0.1, -0.05) is 24.3 Å². The quantitative estimate of drug-likeness (QED) is 0.913. The summed E-state index contributed by atoms with van der Waals surface area (Å²) in [5, 5.41) is 19.6. The van der Waals surface area contributed by atoms with Crippen LogP contribution >= 0.6 is 0 Å². The van der Waals surface area contributed by atoms with Crippen molar-refractivity contribution in [2.75, 3.05) is 7.11 Å². The van der Waals surface area contributed by atoms with Gasteiger partial charge in [-0.25, -0.2) is 0 Å². The van der Waals surface area contributed by atoms with E-state index in [1.54, 1.807) is 32.2 Å². The third-order valence-electron chi connectivity index (χ3n) is 3.67. The number of nitrogens with zero attached hydrogens (tertiary/aromatic N) is 1. The molecule has 0 aliphatic rings. The fourth-order valence-electron chi connectivity index (χ4n) is 2.25. The van der Waals surface area contributed by atoms with Gasteiger partial charge in [0.1, 0.15) is 5.75 Å². The van der Waals surface area contributed by atoms with Crippen LogP contribution in [0.25, 0.3) is 0 Å². The van der Waals surface area contributed by atoms with Crippen molar-refractivity contribution >= 4 is 0 Å². The van der Waals surface area contributed by atoms with E-state index in [4.69, 9.17) is 10.00 Å². The lowest BCUT2D eigenvalue weighted by Gasteiger charge is -2.24. The molecule has 2 aromatic carbocycles. The maximum absolute atomic E-state index is 10.6. The Bertz CT molecular complexity index is 639. The summed E-state index contributed by atoms with van der Waals surface area (Å²) in [5.74, 6) is 0.826. The second-order valence-electron chi connectivity index (χ2n) is 5.31. The second-order valence-corrected chi connectivity index (χ2v) is 5.31. The summed E-state index contributed by atoms with van der Waals surface area (Å²) in [7, 11) is 1.64. The van der Waals surface area contributed by atoms with Gasteiger partial charge in [-0.15, -0.1) is 0 Å². The summed E-state index contributed by atoms with van der Waals surface area (Å²) in [5.41, 5.74) is 1.53. The van der Waals surface area contributed by atoms with Gasteiger partial charge in [0.2, 0.25) is 0 Å². The Labute approximate surface area is 125 Å². The average molecular weight is 281 g/mol. The molecule has 0 aromatic heterocycles. The lowest BCUT2D eigenvalue weighted by molar-refractivity contribution is 0.0480. The first-order valence-electron chi connectivity index (χ1n) is 6.91. The van der Waals surface area contributed by atoms with Crippen LogP contribution in [0.1, 0.15) is 30.0 Å². The third kappa shape index (κ3) is 3.84. The maximum atomic E-state index is 10.6. The molecule has 0 saturated carbocycles. The summed E-state index contributed by atoms with van der Waals surface area (Å²) < 4.78 is 5.13. The van der Waals surface area contributed by atoms with Crippen molar-refractivity contribution in [1.82, 2.24) is 0 Å². The van der Waals surface area contributed by atoms with Crippen molar-refractivity contribution in [3.63, 3.8) is 0 Å². The molecule has 1 unspecified atom stereocenters. The van der Waals surface area contributed by atoms with Crippen LogP contribution in [-0.4, -0.2) is 12.2 Å². The summed E-state index contributed by atoms with van der Waals surface area (Å²) >= 11 is 0. The van der Waals surface area contributed by atoms with E-state index < -0.39 is 5.60 Å². The summed E-state index contributed by atoms with van der Waals surface area (Å²) in [6, 6.07) is 17.1. The van der Waals surface area contributed by atoms with Crippen LogP contribution in [0.3, 0.4) is 0 Å². The molecule has 0 fully saturated rings. The van der Waals surface area contributed by atoms with Crippen molar-refractivity contribution in [3.05, 3.63) is 65.2 Å². The molecular formula is C18H19NO2. The Morgan fingerprint density at radius 1 is 1.19 bits per heavy atom. The molecule has 0 heterocycles. The van der Waals surface area contributed by atoms with Gasteiger partial charge >= 0.3 is 0 Å². The van der Waals surface area contributed by atoms with Gasteiger partial charge in [0.05, 0.1) is 24.3 Å². The zero-order valence-electron chi connectivity index (χ0n) is 12.3. The van der Waals surface area contributed by atoms with E-state index in [-0.39, 0.29) is 0 Å². The number of rotatable bonds is 5. The minimum atomic E-state index is -0.952. The topological polar surface area (TPSA) is 53.2 Å². The molecule has 0 bridgehead atoms. The zero-order valence-corrected chi connectivity index (χ0v) is 12.3. The molecule has 21 heavy (non-hydrogen) atoms. The molecule has 0 spiro atoms. The van der Waals surface area contributed by atoms with E-state index in [0.29, 0.717) is 12.0 Å². The van der Waals surface area contributed by atoms with E-state index in [2.05, 4.69) is 6.07 Å². The van der Waals surface area contributed by atoms with Gasteiger partial charge in [-0.2, -0.15) is 5.26 Å². The van der Waals surface area contributed by atoms with Crippen molar-refractivity contribution in [3.8, 4) is 11.8 Å². The highest BCUT2D eigenvalue weighted by Gasteiger charge is 2.23. The highest BCUT2D eigenvalue weighted by molar-refractivity contribution is 5.35. The van der Waals surface area contributed by atoms with Crippen LogP contribution in [-0.2, 0) is 12.0 Å². The van der Waals surface area contributed by atoms with Crippen LogP contribution in [0, 0.1) is 11.3 Å². The number of hydrogen-bond acceptors (Lipinski definition) is 3. The Morgan fingerprint density at radius 2 is 1.90 bits per heavy atom. The number of nitriles is 1. The van der Waals surface area contributed by atoms with Gasteiger partial charge < -0.3 is 9.84 Å². The molecule has 3 nitrogen and oxygen atoms in total. The van der Waals surface area contributed by atoms with Crippen molar-refractivity contribution < 1.29 is 9.84 Å². The predicted octanol–water partition coefficient (Wildman–Crippen LogP) is 3.41. The maximum Gasteiger partial charge on any atom is 0.118 e. The molecule has 1 atom stereocenters. The van der Waals surface area contributed by atoms with E-state index >= 15 is 0 Å². The Morgan fingerprint density at radius 3 is 2.52 bits per heavy atom. The molecule has 108 valence electrons. The molecule has 0 amide bonds. The molecule has 0 aliphatic heterocycles. The number of hydrogen-bond donors (Lipinski definition) is 1. The summed E-state index contributed by atoms with van der Waals surface area (Å²) in [6.45, 7) is 1.78.